The van der Waals surface area contributed by atoms with E-state index in [2.05, 4.69) is 192 Å². The van der Waals surface area contributed by atoms with Gasteiger partial charge in [-0.15, -0.1) is 0 Å². The minimum Gasteiger partial charge on any atom is -0.376 e. The second-order valence-corrected chi connectivity index (χ2v) is 14.3. The summed E-state index contributed by atoms with van der Waals surface area (Å²) in [5.41, 5.74) is 23.4. The Labute approximate surface area is 304 Å². The van der Waals surface area contributed by atoms with Gasteiger partial charge in [0.1, 0.15) is 0 Å². The highest BCUT2D eigenvalue weighted by Crippen LogP contribution is 2.49. The highest BCUT2D eigenvalue weighted by molar-refractivity contribution is 6.95. The van der Waals surface area contributed by atoms with Gasteiger partial charge in [0.15, 0.2) is 0 Å². The topological polar surface area (TPSA) is 6.48 Å². The predicted molar refractivity (Wildman–Crippen MR) is 221 cm³/mol. The molecule has 0 unspecified atom stereocenters. The number of anilines is 4. The molecule has 4 aliphatic heterocycles. The van der Waals surface area contributed by atoms with Crippen LogP contribution in [0.5, 0.6) is 0 Å². The summed E-state index contributed by atoms with van der Waals surface area (Å²) < 4.78 is 0. The Morgan fingerprint density at radius 1 is 0.231 bits per heavy atom. The van der Waals surface area contributed by atoms with Gasteiger partial charge in [0.2, 0.25) is 0 Å². The van der Waals surface area contributed by atoms with Crippen LogP contribution < -0.4 is 31.5 Å². The van der Waals surface area contributed by atoms with Gasteiger partial charge in [-0.2, -0.15) is 0 Å². The Bertz CT molecular complexity index is 2610. The van der Waals surface area contributed by atoms with Crippen molar-refractivity contribution in [1.82, 2.24) is 0 Å². The first kappa shape index (κ1) is 28.2. The second kappa shape index (κ2) is 10.5. The van der Waals surface area contributed by atoms with Gasteiger partial charge in [0, 0.05) is 45.0 Å². The molecule has 0 saturated carbocycles. The van der Waals surface area contributed by atoms with Crippen molar-refractivity contribution in [2.75, 3.05) is 9.62 Å². The average molecular weight is 656 g/mol. The molecule has 4 aliphatic rings. The fourth-order valence-corrected chi connectivity index (χ4v) is 9.93. The summed E-state index contributed by atoms with van der Waals surface area (Å²) in [4.78, 5) is 5.23. The smallest absolute Gasteiger partial charge is 0.330 e. The zero-order valence-corrected chi connectivity index (χ0v) is 28.4. The van der Waals surface area contributed by atoms with Gasteiger partial charge in [-0.3, -0.25) is 0 Å². The molecule has 0 saturated heterocycles. The Hall–Kier alpha value is -6.51. The average Bonchev–Trinajstić information content (AvgIpc) is 3.23. The van der Waals surface area contributed by atoms with Crippen LogP contribution in [0.2, 0.25) is 0 Å². The second-order valence-electron chi connectivity index (χ2n) is 14.3. The number of nitrogens with zero attached hydrogens (tertiary/aromatic N) is 2. The first-order valence-electron chi connectivity index (χ1n) is 18.3. The summed E-state index contributed by atoms with van der Waals surface area (Å²) in [5, 5.41) is 0. The minimum absolute atomic E-state index is 0.00871. The van der Waals surface area contributed by atoms with Crippen LogP contribution in [-0.2, 0) is 0 Å². The fourth-order valence-electron chi connectivity index (χ4n) is 9.93. The number of hydrogen-bond acceptors (Lipinski definition) is 2. The third-order valence-corrected chi connectivity index (χ3v) is 11.9. The number of benzene rings is 8. The quantitative estimate of drug-likeness (QED) is 0.163. The Morgan fingerprint density at radius 3 is 0.846 bits per heavy atom. The van der Waals surface area contributed by atoms with Crippen LogP contribution >= 0.6 is 0 Å². The lowest BCUT2D eigenvalue weighted by molar-refractivity contribution is 1.34. The van der Waals surface area contributed by atoms with Gasteiger partial charge >= 0.3 is 13.7 Å². The van der Waals surface area contributed by atoms with E-state index in [1.54, 1.807) is 0 Å². The maximum Gasteiger partial charge on any atom is 0.330 e. The molecule has 52 heavy (non-hydrogen) atoms. The number of hydrogen-bond donors (Lipinski definition) is 0. The summed E-state index contributed by atoms with van der Waals surface area (Å²) in [6.45, 7) is 0.0174. The Morgan fingerprint density at radius 2 is 0.481 bits per heavy atom. The van der Waals surface area contributed by atoms with E-state index in [9.17, 15) is 0 Å². The lowest BCUT2D eigenvalue weighted by atomic mass is 9.40. The van der Waals surface area contributed by atoms with Gasteiger partial charge in [-0.05, 0) is 79.5 Å². The van der Waals surface area contributed by atoms with Crippen LogP contribution in [0.15, 0.2) is 182 Å². The van der Waals surface area contributed by atoms with Crippen LogP contribution in [-0.4, -0.2) is 13.7 Å². The van der Waals surface area contributed by atoms with Crippen LogP contribution in [0.25, 0.3) is 55.6 Å². The van der Waals surface area contributed by atoms with Gasteiger partial charge in [-0.1, -0.05) is 158 Å². The molecule has 4 heterocycles. The molecule has 0 radical (unpaired) electrons. The molecule has 0 bridgehead atoms. The van der Waals surface area contributed by atoms with E-state index in [4.69, 9.17) is 0 Å². The van der Waals surface area contributed by atoms with E-state index in [0.29, 0.717) is 0 Å². The van der Waals surface area contributed by atoms with Crippen LogP contribution in [0, 0.1) is 0 Å². The highest BCUT2D eigenvalue weighted by atomic mass is 15.1. The molecule has 238 valence electrons. The van der Waals surface area contributed by atoms with E-state index in [-0.39, 0.29) is 13.7 Å². The highest BCUT2D eigenvalue weighted by Gasteiger charge is 2.46. The standard InChI is InChI=1S/C48H30B2N2/c1-7-25-41-31(15-1)33-17-3-9-27-43(33)51-45-29-11-5-19-35(45)37-21-13-23-39(47(37)49(41)51)40-24-14-22-38-36-20-6-12-30-46(36)52-44-28-10-4-18-34(44)32-16-2-8-26-42(32)50(52)48(38)40/h1-30H. The van der Waals surface area contributed by atoms with Gasteiger partial charge in [0.25, 0.3) is 0 Å². The Kier molecular flexibility index (Phi) is 5.70. The number of fused-ring (bicyclic) bond motifs is 22. The summed E-state index contributed by atoms with van der Waals surface area (Å²) in [5.74, 6) is 0. The van der Waals surface area contributed by atoms with E-state index in [0.717, 1.165) is 0 Å². The monoisotopic (exact) mass is 656 g/mol. The van der Waals surface area contributed by atoms with Crippen molar-refractivity contribution < 1.29 is 0 Å². The lowest BCUT2D eigenvalue weighted by Crippen LogP contribution is -2.62. The van der Waals surface area contributed by atoms with E-state index >= 15 is 0 Å². The molecule has 0 aliphatic carbocycles. The van der Waals surface area contributed by atoms with Crippen molar-refractivity contribution >= 4 is 58.3 Å². The molecule has 0 spiro atoms. The van der Waals surface area contributed by atoms with E-state index in [1.807, 2.05) is 0 Å². The molecule has 2 nitrogen and oxygen atoms in total. The van der Waals surface area contributed by atoms with Crippen molar-refractivity contribution in [1.29, 1.82) is 0 Å². The Balaban J connectivity index is 1.20. The number of rotatable bonds is 1. The van der Waals surface area contributed by atoms with Gasteiger partial charge in [-0.25, -0.2) is 0 Å². The molecule has 4 heteroatoms. The van der Waals surface area contributed by atoms with Crippen molar-refractivity contribution in [2.24, 2.45) is 0 Å². The summed E-state index contributed by atoms with van der Waals surface area (Å²) >= 11 is 0. The molecule has 0 atom stereocenters. The van der Waals surface area contributed by atoms with Crippen LogP contribution in [0.1, 0.15) is 0 Å². The zero-order chi connectivity index (χ0) is 33.9. The molecular weight excluding hydrogens is 626 g/mol. The van der Waals surface area contributed by atoms with E-state index in [1.165, 1.54) is 100 Å². The van der Waals surface area contributed by atoms with E-state index < -0.39 is 0 Å². The predicted octanol–water partition coefficient (Wildman–Crippen LogP) is 9.16. The SMILES string of the molecule is c1ccc2c(c1)B1c3c(cccc3-c3cccc4c3B3c5ccccc5-c5ccccc5N3c3ccccc3-4)-c3ccccc3N1c1ccccc1-2. The summed E-state index contributed by atoms with van der Waals surface area (Å²) in [6.07, 6.45) is 0. The molecule has 0 aromatic heterocycles. The fraction of sp³-hybridized carbons (Fsp3) is 0. The van der Waals surface area contributed by atoms with Crippen molar-refractivity contribution in [3.05, 3.63) is 182 Å². The third-order valence-electron chi connectivity index (χ3n) is 11.9. The molecule has 0 amide bonds. The number of para-hydroxylation sites is 4. The largest absolute Gasteiger partial charge is 0.376 e. The summed E-state index contributed by atoms with van der Waals surface area (Å²) in [6, 6.07) is 68.0. The van der Waals surface area contributed by atoms with Crippen molar-refractivity contribution in [2.45, 2.75) is 0 Å². The van der Waals surface area contributed by atoms with Crippen LogP contribution in [0.4, 0.5) is 22.7 Å². The molecule has 0 fully saturated rings. The molecular formula is C48H30B2N2. The molecule has 8 aromatic rings. The van der Waals surface area contributed by atoms with Gasteiger partial charge < -0.3 is 9.62 Å². The normalized spacial score (nSPS) is 13.6. The minimum atomic E-state index is 0.00871. The third kappa shape index (κ3) is 3.61. The lowest BCUT2D eigenvalue weighted by Gasteiger charge is -2.45. The molecule has 0 N–H and O–H groups in total. The first-order valence-corrected chi connectivity index (χ1v) is 18.3. The first-order chi connectivity index (χ1) is 25.9. The van der Waals surface area contributed by atoms with Crippen LogP contribution in [0.3, 0.4) is 0 Å². The maximum atomic E-state index is 2.61. The molecule has 8 aromatic carbocycles. The maximum absolute atomic E-state index is 2.61. The zero-order valence-electron chi connectivity index (χ0n) is 28.4. The molecule has 12 rings (SSSR count). The van der Waals surface area contributed by atoms with Gasteiger partial charge in [0.05, 0.1) is 0 Å². The summed E-state index contributed by atoms with van der Waals surface area (Å²) in [7, 11) is 0. The van der Waals surface area contributed by atoms with Crippen molar-refractivity contribution in [3.63, 3.8) is 0 Å². The van der Waals surface area contributed by atoms with Crippen molar-refractivity contribution in [3.8, 4) is 55.6 Å².